The molecule has 0 spiro atoms. The van der Waals surface area contributed by atoms with Gasteiger partial charge in [-0.3, -0.25) is 0 Å². The van der Waals surface area contributed by atoms with Crippen LogP contribution in [0.5, 0.6) is 0 Å². The van der Waals surface area contributed by atoms with E-state index in [2.05, 4.69) is 0 Å². The first-order valence-electron chi connectivity index (χ1n) is 5.21. The van der Waals surface area contributed by atoms with Crippen LogP contribution in [0.15, 0.2) is 18.2 Å². The maximum atomic E-state index is 13.0. The molecule has 1 fully saturated rings. The van der Waals surface area contributed by atoms with E-state index in [1.807, 2.05) is 0 Å². The summed E-state index contributed by atoms with van der Waals surface area (Å²) in [6.45, 7) is 0. The molecule has 1 aromatic rings. The Kier molecular flexibility index (Phi) is 3.19. The summed E-state index contributed by atoms with van der Waals surface area (Å²) in [6, 6.07) is 4.21. The van der Waals surface area contributed by atoms with Gasteiger partial charge in [0.1, 0.15) is 5.82 Å². The van der Waals surface area contributed by atoms with Crippen LogP contribution in [-0.2, 0) is 11.2 Å². The van der Waals surface area contributed by atoms with E-state index in [9.17, 15) is 9.50 Å². The molecule has 0 amide bonds. The Morgan fingerprint density at radius 1 is 1.56 bits per heavy atom. The molecule has 88 valence electrons. The van der Waals surface area contributed by atoms with Gasteiger partial charge >= 0.3 is 0 Å². The highest BCUT2D eigenvalue weighted by Gasteiger charge is 2.43. The van der Waals surface area contributed by atoms with Crippen molar-refractivity contribution in [2.45, 2.75) is 31.0 Å². The molecule has 2 nitrogen and oxygen atoms in total. The van der Waals surface area contributed by atoms with Gasteiger partial charge in [0.25, 0.3) is 0 Å². The van der Waals surface area contributed by atoms with E-state index in [0.717, 1.165) is 0 Å². The minimum atomic E-state index is -0.794. The Balaban J connectivity index is 2.07. The third-order valence-corrected chi connectivity index (χ3v) is 3.44. The molecule has 0 unspecified atom stereocenters. The van der Waals surface area contributed by atoms with Gasteiger partial charge in [-0.05, 0) is 23.8 Å². The van der Waals surface area contributed by atoms with E-state index in [4.69, 9.17) is 16.3 Å². The van der Waals surface area contributed by atoms with Crippen molar-refractivity contribution < 1.29 is 14.2 Å². The van der Waals surface area contributed by atoms with Crippen LogP contribution in [0.2, 0.25) is 5.02 Å². The molecule has 0 radical (unpaired) electrons. The highest BCUT2D eigenvalue weighted by molar-refractivity contribution is 6.31. The minimum absolute atomic E-state index is 0.109. The van der Waals surface area contributed by atoms with Gasteiger partial charge in [-0.2, -0.15) is 0 Å². The molecule has 2 rings (SSSR count). The molecule has 1 aliphatic carbocycles. The summed E-state index contributed by atoms with van der Waals surface area (Å²) in [4.78, 5) is 0. The van der Waals surface area contributed by atoms with Crippen molar-refractivity contribution in [3.63, 3.8) is 0 Å². The second-order valence-corrected chi connectivity index (χ2v) is 4.81. The first-order valence-corrected chi connectivity index (χ1v) is 5.59. The van der Waals surface area contributed by atoms with Gasteiger partial charge in [-0.1, -0.05) is 11.6 Å². The van der Waals surface area contributed by atoms with Crippen molar-refractivity contribution in [3.8, 4) is 0 Å². The summed E-state index contributed by atoms with van der Waals surface area (Å²) in [7, 11) is 1.62. The minimum Gasteiger partial charge on any atom is -0.389 e. The van der Waals surface area contributed by atoms with E-state index >= 15 is 0 Å². The molecule has 1 saturated carbocycles. The number of halogens is 2. The second kappa shape index (κ2) is 4.32. The molecule has 0 aromatic heterocycles. The fraction of sp³-hybridized carbons (Fsp3) is 0.500. The molecule has 0 heterocycles. The van der Waals surface area contributed by atoms with Crippen molar-refractivity contribution in [1.82, 2.24) is 0 Å². The molecular formula is C12H14ClFO2. The Morgan fingerprint density at radius 3 is 2.88 bits per heavy atom. The zero-order chi connectivity index (χ0) is 11.8. The molecule has 0 aliphatic heterocycles. The highest BCUT2D eigenvalue weighted by atomic mass is 35.5. The van der Waals surface area contributed by atoms with Gasteiger partial charge in [-0.25, -0.2) is 4.39 Å². The van der Waals surface area contributed by atoms with Crippen molar-refractivity contribution in [2.24, 2.45) is 0 Å². The summed E-state index contributed by atoms with van der Waals surface area (Å²) >= 11 is 5.94. The lowest BCUT2D eigenvalue weighted by Gasteiger charge is -2.43. The van der Waals surface area contributed by atoms with E-state index in [0.29, 0.717) is 29.8 Å². The maximum Gasteiger partial charge on any atom is 0.123 e. The highest BCUT2D eigenvalue weighted by Crippen LogP contribution is 2.38. The number of ether oxygens (including phenoxy) is 1. The normalized spacial score (nSPS) is 28.9. The van der Waals surface area contributed by atoms with Gasteiger partial charge in [0.2, 0.25) is 0 Å². The SMILES string of the molecule is COC1CC(O)(Cc2cc(F)ccc2Cl)C1. The second-order valence-electron chi connectivity index (χ2n) is 4.40. The standard InChI is InChI=1S/C12H14ClFO2/c1-16-10-6-12(15,7-10)5-8-4-9(14)2-3-11(8)13/h2-4,10,15H,5-7H2,1H3. The van der Waals surface area contributed by atoms with E-state index in [1.54, 1.807) is 7.11 Å². The average molecular weight is 245 g/mol. The van der Waals surface area contributed by atoms with Gasteiger partial charge in [0, 0.05) is 31.4 Å². The van der Waals surface area contributed by atoms with Gasteiger partial charge in [0.15, 0.2) is 0 Å². The number of benzene rings is 1. The lowest BCUT2D eigenvalue weighted by Crippen LogP contribution is -2.49. The summed E-state index contributed by atoms with van der Waals surface area (Å²) < 4.78 is 18.1. The molecule has 1 N–H and O–H groups in total. The Labute approximate surface area is 99.0 Å². The Hall–Kier alpha value is -0.640. The third kappa shape index (κ3) is 2.37. The van der Waals surface area contributed by atoms with Crippen molar-refractivity contribution >= 4 is 11.6 Å². The van der Waals surface area contributed by atoms with E-state index in [-0.39, 0.29) is 11.9 Å². The zero-order valence-electron chi connectivity index (χ0n) is 9.04. The Bertz CT molecular complexity index is 389. The summed E-state index contributed by atoms with van der Waals surface area (Å²) in [5.74, 6) is -0.328. The summed E-state index contributed by atoms with van der Waals surface area (Å²) in [5, 5.41) is 10.6. The fourth-order valence-electron chi connectivity index (χ4n) is 2.13. The molecule has 0 atom stereocenters. The lowest BCUT2D eigenvalue weighted by atomic mass is 9.73. The molecule has 0 bridgehead atoms. The average Bonchev–Trinajstić information content (AvgIpc) is 2.19. The largest absolute Gasteiger partial charge is 0.389 e. The zero-order valence-corrected chi connectivity index (χ0v) is 9.80. The first kappa shape index (κ1) is 11.8. The van der Waals surface area contributed by atoms with Crippen LogP contribution < -0.4 is 0 Å². The molecule has 1 aromatic carbocycles. The van der Waals surface area contributed by atoms with Crippen LogP contribution in [0.4, 0.5) is 4.39 Å². The van der Waals surface area contributed by atoms with E-state index < -0.39 is 5.60 Å². The first-order chi connectivity index (χ1) is 7.52. The fourth-order valence-corrected chi connectivity index (χ4v) is 2.32. The maximum absolute atomic E-state index is 13.0. The number of aliphatic hydroxyl groups is 1. The predicted molar refractivity (Wildman–Crippen MR) is 60.1 cm³/mol. The quantitative estimate of drug-likeness (QED) is 0.886. The van der Waals surface area contributed by atoms with Crippen LogP contribution in [-0.4, -0.2) is 23.9 Å². The Morgan fingerprint density at radius 2 is 2.25 bits per heavy atom. The number of hydrogen-bond acceptors (Lipinski definition) is 2. The molecule has 1 aliphatic rings. The predicted octanol–water partition coefficient (Wildman–Crippen LogP) is 2.56. The van der Waals surface area contributed by atoms with Crippen LogP contribution in [0.25, 0.3) is 0 Å². The monoisotopic (exact) mass is 244 g/mol. The van der Waals surface area contributed by atoms with Crippen molar-refractivity contribution in [1.29, 1.82) is 0 Å². The van der Waals surface area contributed by atoms with Gasteiger partial charge in [0.05, 0.1) is 11.7 Å². The third-order valence-electron chi connectivity index (χ3n) is 3.08. The topological polar surface area (TPSA) is 29.5 Å². The number of rotatable bonds is 3. The number of hydrogen-bond donors (Lipinski definition) is 1. The molecular weight excluding hydrogens is 231 g/mol. The molecule has 16 heavy (non-hydrogen) atoms. The van der Waals surface area contributed by atoms with Crippen LogP contribution in [0.1, 0.15) is 18.4 Å². The van der Waals surface area contributed by atoms with Crippen LogP contribution >= 0.6 is 11.6 Å². The molecule has 0 saturated heterocycles. The van der Waals surface area contributed by atoms with Gasteiger partial charge in [-0.15, -0.1) is 0 Å². The van der Waals surface area contributed by atoms with Crippen molar-refractivity contribution in [2.75, 3.05) is 7.11 Å². The van der Waals surface area contributed by atoms with Gasteiger partial charge < -0.3 is 9.84 Å². The summed E-state index contributed by atoms with van der Waals surface area (Å²) in [5.41, 5.74) is -0.142. The van der Waals surface area contributed by atoms with Crippen LogP contribution in [0.3, 0.4) is 0 Å². The summed E-state index contributed by atoms with van der Waals surface area (Å²) in [6.07, 6.45) is 1.65. The lowest BCUT2D eigenvalue weighted by molar-refractivity contribution is -0.126. The van der Waals surface area contributed by atoms with Crippen molar-refractivity contribution in [3.05, 3.63) is 34.6 Å². The van der Waals surface area contributed by atoms with Crippen LogP contribution in [0, 0.1) is 5.82 Å². The number of methoxy groups -OCH3 is 1. The van der Waals surface area contributed by atoms with E-state index in [1.165, 1.54) is 18.2 Å². The smallest absolute Gasteiger partial charge is 0.123 e. The molecule has 4 heteroatoms.